The Hall–Kier alpha value is -0.980. The second-order valence-corrected chi connectivity index (χ2v) is 7.18. The topological polar surface area (TPSA) is 51.8 Å². The fourth-order valence-corrected chi connectivity index (χ4v) is 3.96. The van der Waals surface area contributed by atoms with Gasteiger partial charge in [0.25, 0.3) is 0 Å². The fraction of sp³-hybridized carbons (Fsp3) is 0.0769. The largest absolute Gasteiger partial charge is 0.383 e. The van der Waals surface area contributed by atoms with Gasteiger partial charge in [0.05, 0.1) is 10.4 Å². The predicted molar refractivity (Wildman–Crippen MR) is 87.4 cm³/mol. The predicted octanol–water partition coefficient (Wildman–Crippen LogP) is 4.77. The highest BCUT2D eigenvalue weighted by molar-refractivity contribution is 9.11. The molecule has 0 aliphatic carbocycles. The molecule has 0 atom stereocenters. The third-order valence-electron chi connectivity index (χ3n) is 2.71. The van der Waals surface area contributed by atoms with Crippen LogP contribution in [0.3, 0.4) is 0 Å². The van der Waals surface area contributed by atoms with Crippen molar-refractivity contribution in [3.8, 4) is 10.7 Å². The van der Waals surface area contributed by atoms with Gasteiger partial charge in [-0.3, -0.25) is 0 Å². The quantitative estimate of drug-likeness (QED) is 0.641. The van der Waals surface area contributed by atoms with E-state index in [-0.39, 0.29) is 0 Å². The Kier molecular flexibility index (Phi) is 3.32. The van der Waals surface area contributed by atoms with Gasteiger partial charge in [-0.1, -0.05) is 15.9 Å². The van der Waals surface area contributed by atoms with E-state index in [4.69, 9.17) is 5.73 Å². The van der Waals surface area contributed by atoms with Crippen molar-refractivity contribution in [2.45, 2.75) is 6.92 Å². The average molecular weight is 399 g/mol. The summed E-state index contributed by atoms with van der Waals surface area (Å²) in [6, 6.07) is 7.96. The molecule has 96 valence electrons. The molecule has 0 bridgehead atoms. The van der Waals surface area contributed by atoms with E-state index in [1.165, 1.54) is 4.88 Å². The maximum Gasteiger partial charge on any atom is 0.172 e. The Morgan fingerprint density at radius 1 is 1.16 bits per heavy atom. The van der Waals surface area contributed by atoms with Gasteiger partial charge in [-0.2, -0.15) is 0 Å². The highest BCUT2D eigenvalue weighted by Gasteiger charge is 2.11. The van der Waals surface area contributed by atoms with Crippen LogP contribution in [0, 0.1) is 6.92 Å². The average Bonchev–Trinajstić information content (AvgIpc) is 2.77. The molecule has 3 nitrogen and oxygen atoms in total. The normalized spacial score (nSPS) is 11.1. The number of benzene rings is 1. The zero-order valence-electron chi connectivity index (χ0n) is 9.95. The molecule has 0 unspecified atom stereocenters. The first-order valence-electron chi connectivity index (χ1n) is 5.53. The third-order valence-corrected chi connectivity index (χ3v) is 4.77. The number of anilines is 1. The molecule has 0 spiro atoms. The summed E-state index contributed by atoms with van der Waals surface area (Å²) in [4.78, 5) is 11.3. The van der Waals surface area contributed by atoms with E-state index in [1.807, 2.05) is 18.2 Å². The van der Waals surface area contributed by atoms with Gasteiger partial charge >= 0.3 is 0 Å². The number of nitrogens with two attached hydrogens (primary N) is 1. The lowest BCUT2D eigenvalue weighted by Gasteiger charge is -2.06. The van der Waals surface area contributed by atoms with Gasteiger partial charge in [0.1, 0.15) is 5.82 Å². The maximum absolute atomic E-state index is 6.05. The summed E-state index contributed by atoms with van der Waals surface area (Å²) >= 11 is 8.63. The smallest absolute Gasteiger partial charge is 0.172 e. The molecule has 0 saturated heterocycles. The molecule has 0 fully saturated rings. The first-order chi connectivity index (χ1) is 9.04. The number of fused-ring (bicyclic) bond motifs is 1. The molecule has 3 aromatic rings. The van der Waals surface area contributed by atoms with Gasteiger partial charge in [0, 0.05) is 19.2 Å². The van der Waals surface area contributed by atoms with E-state index in [1.54, 1.807) is 11.3 Å². The second kappa shape index (κ2) is 4.85. The summed E-state index contributed by atoms with van der Waals surface area (Å²) in [7, 11) is 0. The lowest BCUT2D eigenvalue weighted by Crippen LogP contribution is -1.97. The Morgan fingerprint density at radius 3 is 2.63 bits per heavy atom. The second-order valence-electron chi connectivity index (χ2n) is 4.13. The lowest BCUT2D eigenvalue weighted by molar-refractivity contribution is 1.24. The minimum absolute atomic E-state index is 0.494. The van der Waals surface area contributed by atoms with Crippen molar-refractivity contribution in [3.05, 3.63) is 38.1 Å². The van der Waals surface area contributed by atoms with E-state index in [2.05, 4.69) is 54.8 Å². The number of thiophene rings is 1. The molecule has 2 N–H and O–H groups in total. The van der Waals surface area contributed by atoms with Gasteiger partial charge < -0.3 is 5.73 Å². The van der Waals surface area contributed by atoms with E-state index < -0.39 is 0 Å². The molecule has 0 saturated carbocycles. The van der Waals surface area contributed by atoms with Crippen LogP contribution in [-0.4, -0.2) is 9.97 Å². The summed E-state index contributed by atoms with van der Waals surface area (Å²) in [6.45, 7) is 2.06. The molecule has 6 heteroatoms. The molecule has 0 amide bonds. The molecule has 0 radical (unpaired) electrons. The van der Waals surface area contributed by atoms with Crippen LogP contribution in [0.1, 0.15) is 4.88 Å². The summed E-state index contributed by atoms with van der Waals surface area (Å²) in [5, 5.41) is 0.846. The van der Waals surface area contributed by atoms with Gasteiger partial charge in [0.2, 0.25) is 0 Å². The number of hydrogen-bond donors (Lipinski definition) is 1. The van der Waals surface area contributed by atoms with Crippen LogP contribution >= 0.6 is 43.2 Å². The number of rotatable bonds is 1. The standard InChI is InChI=1S/C13H9Br2N3S/c1-6-2-3-10(19-6)13-17-11-8(12(16)18-13)4-7(14)5-9(11)15/h2-5H,1H3,(H2,16,17,18). The summed E-state index contributed by atoms with van der Waals surface area (Å²) in [5.74, 6) is 1.17. The van der Waals surface area contributed by atoms with Crippen LogP contribution in [0.2, 0.25) is 0 Å². The number of nitrogens with zero attached hydrogens (tertiary/aromatic N) is 2. The number of halogens is 2. The summed E-state index contributed by atoms with van der Waals surface area (Å²) in [5.41, 5.74) is 6.88. The van der Waals surface area contributed by atoms with Crippen molar-refractivity contribution in [2.75, 3.05) is 5.73 Å². The monoisotopic (exact) mass is 397 g/mol. The van der Waals surface area contributed by atoms with E-state index in [0.29, 0.717) is 11.6 Å². The maximum atomic E-state index is 6.05. The van der Waals surface area contributed by atoms with Gasteiger partial charge in [0.15, 0.2) is 5.82 Å². The van der Waals surface area contributed by atoms with Crippen LogP contribution in [0.4, 0.5) is 5.82 Å². The Labute approximate surface area is 131 Å². The van der Waals surface area contributed by atoms with Crippen LogP contribution in [0.25, 0.3) is 21.6 Å². The number of nitrogen functional groups attached to an aromatic ring is 1. The molecule has 0 aliphatic rings. The van der Waals surface area contributed by atoms with Crippen molar-refractivity contribution in [1.29, 1.82) is 0 Å². The SMILES string of the molecule is Cc1ccc(-c2nc(N)c3cc(Br)cc(Br)c3n2)s1. The highest BCUT2D eigenvalue weighted by Crippen LogP contribution is 2.33. The van der Waals surface area contributed by atoms with Gasteiger partial charge in [-0.25, -0.2) is 9.97 Å². The molecule has 2 aromatic heterocycles. The van der Waals surface area contributed by atoms with Gasteiger partial charge in [-0.05, 0) is 47.1 Å². The molecular weight excluding hydrogens is 390 g/mol. The molecule has 3 rings (SSSR count). The van der Waals surface area contributed by atoms with E-state index >= 15 is 0 Å². The first kappa shape index (κ1) is 13.0. The van der Waals surface area contributed by atoms with Crippen molar-refractivity contribution in [3.63, 3.8) is 0 Å². The minimum Gasteiger partial charge on any atom is -0.383 e. The van der Waals surface area contributed by atoms with Crippen molar-refractivity contribution < 1.29 is 0 Å². The minimum atomic E-state index is 0.494. The van der Waals surface area contributed by atoms with E-state index in [9.17, 15) is 0 Å². The molecule has 2 heterocycles. The van der Waals surface area contributed by atoms with Crippen LogP contribution < -0.4 is 5.73 Å². The Bertz CT molecular complexity index is 783. The zero-order valence-corrected chi connectivity index (χ0v) is 13.9. The Morgan fingerprint density at radius 2 is 1.95 bits per heavy atom. The van der Waals surface area contributed by atoms with Crippen LogP contribution in [0.5, 0.6) is 0 Å². The highest BCUT2D eigenvalue weighted by atomic mass is 79.9. The summed E-state index contributed by atoms with van der Waals surface area (Å²) < 4.78 is 1.85. The van der Waals surface area contributed by atoms with Crippen LogP contribution in [-0.2, 0) is 0 Å². The van der Waals surface area contributed by atoms with E-state index in [0.717, 1.165) is 24.7 Å². The molecule has 0 aliphatic heterocycles. The first-order valence-corrected chi connectivity index (χ1v) is 7.94. The summed E-state index contributed by atoms with van der Waals surface area (Å²) in [6.07, 6.45) is 0. The Balaban J connectivity index is 2.30. The van der Waals surface area contributed by atoms with Crippen molar-refractivity contribution in [2.24, 2.45) is 0 Å². The van der Waals surface area contributed by atoms with Crippen molar-refractivity contribution >= 4 is 59.9 Å². The number of aryl methyl sites for hydroxylation is 1. The zero-order chi connectivity index (χ0) is 13.6. The number of aromatic nitrogens is 2. The molecule has 1 aromatic carbocycles. The lowest BCUT2D eigenvalue weighted by atomic mass is 10.2. The van der Waals surface area contributed by atoms with Crippen molar-refractivity contribution in [1.82, 2.24) is 9.97 Å². The molecular formula is C13H9Br2N3S. The molecule has 19 heavy (non-hydrogen) atoms. The van der Waals surface area contributed by atoms with Gasteiger partial charge in [-0.15, -0.1) is 11.3 Å². The van der Waals surface area contributed by atoms with Crippen LogP contribution in [0.15, 0.2) is 33.2 Å². The fourth-order valence-electron chi connectivity index (χ4n) is 1.84. The third kappa shape index (κ3) is 2.40. The number of hydrogen-bond acceptors (Lipinski definition) is 4.